The lowest BCUT2D eigenvalue weighted by atomic mass is 9.89. The molecule has 0 aliphatic heterocycles. The lowest BCUT2D eigenvalue weighted by Crippen LogP contribution is -2.25. The van der Waals surface area contributed by atoms with Gasteiger partial charge in [-0.15, -0.1) is 24.8 Å². The average Bonchev–Trinajstić information content (AvgIpc) is 2.83. The molecule has 1 N–H and O–H groups in total. The largest absolute Gasteiger partial charge is 0.337 e. The summed E-state index contributed by atoms with van der Waals surface area (Å²) in [6.07, 6.45) is 14.2. The first kappa shape index (κ1) is 17.8. The SMILES string of the molecule is Cl.Cl.c1cn(CCCNCC2CCCCC2)cn1. The number of rotatable bonds is 6. The molecule has 1 fully saturated rings. The smallest absolute Gasteiger partial charge is 0.0945 e. The number of imidazole rings is 1. The summed E-state index contributed by atoms with van der Waals surface area (Å²) in [5.41, 5.74) is 0. The van der Waals surface area contributed by atoms with E-state index >= 15 is 0 Å². The molecule has 1 aliphatic carbocycles. The van der Waals surface area contributed by atoms with Crippen molar-refractivity contribution in [2.24, 2.45) is 5.92 Å². The Hall–Kier alpha value is -0.250. The molecule has 0 radical (unpaired) electrons. The molecule has 2 rings (SSSR count). The summed E-state index contributed by atoms with van der Waals surface area (Å²) in [4.78, 5) is 4.04. The van der Waals surface area contributed by atoms with Gasteiger partial charge in [0.15, 0.2) is 0 Å². The van der Waals surface area contributed by atoms with E-state index in [0.29, 0.717) is 0 Å². The lowest BCUT2D eigenvalue weighted by molar-refractivity contribution is 0.341. The highest BCUT2D eigenvalue weighted by Crippen LogP contribution is 2.22. The average molecular weight is 294 g/mol. The first-order chi connectivity index (χ1) is 7.95. The number of hydrogen-bond acceptors (Lipinski definition) is 2. The van der Waals surface area contributed by atoms with Crippen LogP contribution in [0.15, 0.2) is 18.7 Å². The zero-order valence-corrected chi connectivity index (χ0v) is 12.5. The first-order valence-electron chi connectivity index (χ1n) is 6.61. The maximum Gasteiger partial charge on any atom is 0.0945 e. The molecule has 0 aromatic carbocycles. The van der Waals surface area contributed by atoms with Crippen LogP contribution >= 0.6 is 24.8 Å². The van der Waals surface area contributed by atoms with E-state index in [1.807, 2.05) is 18.7 Å². The lowest BCUT2D eigenvalue weighted by Gasteiger charge is -2.21. The molecule has 1 heterocycles. The zero-order valence-electron chi connectivity index (χ0n) is 10.9. The fourth-order valence-electron chi connectivity index (χ4n) is 2.50. The van der Waals surface area contributed by atoms with E-state index < -0.39 is 0 Å². The van der Waals surface area contributed by atoms with Crippen LogP contribution in [0.25, 0.3) is 0 Å². The molecular formula is C13H25Cl2N3. The van der Waals surface area contributed by atoms with Crippen molar-refractivity contribution in [2.75, 3.05) is 13.1 Å². The molecule has 0 unspecified atom stereocenters. The van der Waals surface area contributed by atoms with Gasteiger partial charge in [0.05, 0.1) is 6.33 Å². The van der Waals surface area contributed by atoms with Crippen molar-refractivity contribution in [3.05, 3.63) is 18.7 Å². The summed E-state index contributed by atoms with van der Waals surface area (Å²) < 4.78 is 2.14. The number of hydrogen-bond donors (Lipinski definition) is 1. The molecule has 0 amide bonds. The van der Waals surface area contributed by atoms with E-state index in [1.54, 1.807) is 0 Å². The van der Waals surface area contributed by atoms with Gasteiger partial charge in [-0.1, -0.05) is 19.3 Å². The van der Waals surface area contributed by atoms with Crippen LogP contribution in [0.3, 0.4) is 0 Å². The highest BCUT2D eigenvalue weighted by atomic mass is 35.5. The van der Waals surface area contributed by atoms with E-state index in [0.717, 1.165) is 19.0 Å². The molecule has 1 aromatic heterocycles. The Balaban J connectivity index is 0.00000144. The van der Waals surface area contributed by atoms with Crippen molar-refractivity contribution in [1.82, 2.24) is 14.9 Å². The van der Waals surface area contributed by atoms with Gasteiger partial charge >= 0.3 is 0 Å². The van der Waals surface area contributed by atoms with Crippen molar-refractivity contribution in [1.29, 1.82) is 0 Å². The Morgan fingerprint density at radius 2 is 1.94 bits per heavy atom. The molecule has 0 spiro atoms. The van der Waals surface area contributed by atoms with Crippen LogP contribution in [-0.4, -0.2) is 22.6 Å². The summed E-state index contributed by atoms with van der Waals surface area (Å²) in [5, 5.41) is 3.58. The highest BCUT2D eigenvalue weighted by molar-refractivity contribution is 5.85. The molecule has 5 heteroatoms. The van der Waals surface area contributed by atoms with Gasteiger partial charge in [-0.2, -0.15) is 0 Å². The van der Waals surface area contributed by atoms with Gasteiger partial charge in [-0.25, -0.2) is 4.98 Å². The molecular weight excluding hydrogens is 269 g/mol. The minimum atomic E-state index is 0. The van der Waals surface area contributed by atoms with Crippen LogP contribution in [0.5, 0.6) is 0 Å². The van der Waals surface area contributed by atoms with Crippen molar-refractivity contribution >= 4 is 24.8 Å². The highest BCUT2D eigenvalue weighted by Gasteiger charge is 2.11. The molecule has 3 nitrogen and oxygen atoms in total. The van der Waals surface area contributed by atoms with Gasteiger partial charge in [-0.05, 0) is 38.3 Å². The number of aryl methyl sites for hydroxylation is 1. The maximum atomic E-state index is 4.04. The van der Waals surface area contributed by atoms with E-state index in [2.05, 4.69) is 14.9 Å². The minimum absolute atomic E-state index is 0. The van der Waals surface area contributed by atoms with E-state index in [4.69, 9.17) is 0 Å². The number of halogens is 2. The second-order valence-corrected chi connectivity index (χ2v) is 4.86. The molecule has 0 bridgehead atoms. The van der Waals surface area contributed by atoms with Gasteiger partial charge in [-0.3, -0.25) is 0 Å². The molecule has 106 valence electrons. The maximum absolute atomic E-state index is 4.04. The third kappa shape index (κ3) is 6.62. The van der Waals surface area contributed by atoms with Gasteiger partial charge < -0.3 is 9.88 Å². The minimum Gasteiger partial charge on any atom is -0.337 e. The standard InChI is InChI=1S/C13H23N3.2ClH/c1-2-5-13(6-3-1)11-14-7-4-9-16-10-8-15-12-16;;/h8,10,12-14H,1-7,9,11H2;2*1H. The van der Waals surface area contributed by atoms with Crippen molar-refractivity contribution < 1.29 is 0 Å². The van der Waals surface area contributed by atoms with Crippen molar-refractivity contribution in [2.45, 2.75) is 45.1 Å². The number of nitrogens with zero attached hydrogens (tertiary/aromatic N) is 2. The number of nitrogens with one attached hydrogen (secondary N) is 1. The van der Waals surface area contributed by atoms with Gasteiger partial charge in [0.2, 0.25) is 0 Å². The van der Waals surface area contributed by atoms with E-state index in [-0.39, 0.29) is 24.8 Å². The van der Waals surface area contributed by atoms with Gasteiger partial charge in [0.1, 0.15) is 0 Å². The fraction of sp³-hybridized carbons (Fsp3) is 0.769. The summed E-state index contributed by atoms with van der Waals surface area (Å²) in [6.45, 7) is 3.44. The van der Waals surface area contributed by atoms with Crippen LogP contribution < -0.4 is 5.32 Å². The summed E-state index contributed by atoms with van der Waals surface area (Å²) in [7, 11) is 0. The Kier molecular flexibility index (Phi) is 10.5. The second-order valence-electron chi connectivity index (χ2n) is 4.86. The van der Waals surface area contributed by atoms with Crippen LogP contribution in [-0.2, 0) is 6.54 Å². The third-order valence-corrected chi connectivity index (χ3v) is 3.49. The van der Waals surface area contributed by atoms with Gasteiger partial charge in [0.25, 0.3) is 0 Å². The van der Waals surface area contributed by atoms with E-state index in [1.165, 1.54) is 45.1 Å². The Labute approximate surface area is 123 Å². The van der Waals surface area contributed by atoms with Crippen LogP contribution in [0.2, 0.25) is 0 Å². The predicted molar refractivity (Wildman–Crippen MR) is 80.8 cm³/mol. The topological polar surface area (TPSA) is 29.9 Å². The Morgan fingerprint density at radius 1 is 1.17 bits per heavy atom. The van der Waals surface area contributed by atoms with E-state index in [9.17, 15) is 0 Å². The molecule has 1 aliphatic rings. The summed E-state index contributed by atoms with van der Waals surface area (Å²) >= 11 is 0. The van der Waals surface area contributed by atoms with Crippen LogP contribution in [0.4, 0.5) is 0 Å². The molecule has 1 saturated carbocycles. The first-order valence-corrected chi connectivity index (χ1v) is 6.61. The van der Waals surface area contributed by atoms with Crippen LogP contribution in [0, 0.1) is 5.92 Å². The molecule has 18 heavy (non-hydrogen) atoms. The fourth-order valence-corrected chi connectivity index (χ4v) is 2.50. The quantitative estimate of drug-likeness (QED) is 0.816. The number of aromatic nitrogens is 2. The Morgan fingerprint density at radius 3 is 2.61 bits per heavy atom. The van der Waals surface area contributed by atoms with Crippen molar-refractivity contribution in [3.63, 3.8) is 0 Å². The zero-order chi connectivity index (χ0) is 11.1. The normalized spacial score (nSPS) is 15.8. The second kappa shape index (κ2) is 10.7. The molecule has 0 saturated heterocycles. The summed E-state index contributed by atoms with van der Waals surface area (Å²) in [5.74, 6) is 0.946. The Bertz CT molecular complexity index is 272. The van der Waals surface area contributed by atoms with Crippen LogP contribution in [0.1, 0.15) is 38.5 Å². The monoisotopic (exact) mass is 293 g/mol. The third-order valence-electron chi connectivity index (χ3n) is 3.49. The predicted octanol–water partition coefficient (Wildman–Crippen LogP) is 3.29. The van der Waals surface area contributed by atoms with Gasteiger partial charge in [0, 0.05) is 18.9 Å². The van der Waals surface area contributed by atoms with Crippen molar-refractivity contribution in [3.8, 4) is 0 Å². The summed E-state index contributed by atoms with van der Waals surface area (Å²) in [6, 6.07) is 0. The molecule has 1 aromatic rings. The molecule has 0 atom stereocenters.